The van der Waals surface area contributed by atoms with E-state index in [2.05, 4.69) is 4.90 Å². The van der Waals surface area contributed by atoms with Crippen molar-refractivity contribution in [3.63, 3.8) is 0 Å². The van der Waals surface area contributed by atoms with E-state index in [4.69, 9.17) is 0 Å². The first-order chi connectivity index (χ1) is 11.6. The second-order valence-electron chi connectivity index (χ2n) is 8.38. The van der Waals surface area contributed by atoms with Crippen molar-refractivity contribution in [1.29, 1.82) is 0 Å². The van der Waals surface area contributed by atoms with E-state index in [0.717, 1.165) is 45.4 Å². The summed E-state index contributed by atoms with van der Waals surface area (Å²) in [4.78, 5) is 29.2. The van der Waals surface area contributed by atoms with Gasteiger partial charge in [-0.05, 0) is 43.9 Å². The first-order valence-corrected chi connectivity index (χ1v) is 9.91. The maximum Gasteiger partial charge on any atom is 0.307 e. The molecule has 0 aromatic heterocycles. The van der Waals surface area contributed by atoms with Crippen LogP contribution in [0.15, 0.2) is 0 Å². The molecular weight excluding hydrogens is 304 g/mol. The third-order valence-corrected chi connectivity index (χ3v) is 7.20. The minimum atomic E-state index is -0.749. The van der Waals surface area contributed by atoms with Gasteiger partial charge in [0.2, 0.25) is 5.91 Å². The van der Waals surface area contributed by atoms with Crippen LogP contribution >= 0.6 is 0 Å². The van der Waals surface area contributed by atoms with Crippen molar-refractivity contribution in [2.24, 2.45) is 23.7 Å². The Hall–Kier alpha value is -1.10. The molecule has 4 rings (SSSR count). The Morgan fingerprint density at radius 2 is 1.42 bits per heavy atom. The highest BCUT2D eigenvalue weighted by atomic mass is 16.4. The van der Waals surface area contributed by atoms with Gasteiger partial charge < -0.3 is 10.0 Å². The molecule has 1 aliphatic heterocycles. The summed E-state index contributed by atoms with van der Waals surface area (Å²) in [6, 6.07) is 0.713. The van der Waals surface area contributed by atoms with Gasteiger partial charge in [-0.15, -0.1) is 0 Å². The Morgan fingerprint density at radius 3 is 2.04 bits per heavy atom. The van der Waals surface area contributed by atoms with E-state index in [1.54, 1.807) is 0 Å². The van der Waals surface area contributed by atoms with E-state index in [-0.39, 0.29) is 17.7 Å². The van der Waals surface area contributed by atoms with Crippen LogP contribution in [-0.4, -0.2) is 59.0 Å². The van der Waals surface area contributed by atoms with Crippen LogP contribution in [0.2, 0.25) is 0 Å². The number of carboxylic acid groups (broad SMARTS) is 1. The van der Waals surface area contributed by atoms with Gasteiger partial charge in [-0.25, -0.2) is 0 Å². The molecule has 0 spiro atoms. The predicted octanol–water partition coefficient (Wildman–Crippen LogP) is 2.21. The lowest BCUT2D eigenvalue weighted by Gasteiger charge is -2.42. The van der Waals surface area contributed by atoms with Crippen molar-refractivity contribution in [2.75, 3.05) is 26.2 Å². The molecule has 0 aromatic rings. The number of carboxylic acids is 1. The van der Waals surface area contributed by atoms with Crippen molar-refractivity contribution in [2.45, 2.75) is 57.4 Å². The number of hydrogen-bond acceptors (Lipinski definition) is 3. The average molecular weight is 334 g/mol. The molecule has 4 atom stereocenters. The van der Waals surface area contributed by atoms with Crippen LogP contribution in [0.1, 0.15) is 51.4 Å². The van der Waals surface area contributed by atoms with Gasteiger partial charge in [-0.1, -0.05) is 19.3 Å². The molecule has 4 aliphatic rings. The number of aliphatic carboxylic acids is 1. The molecule has 0 unspecified atom stereocenters. The maximum absolute atomic E-state index is 13.0. The van der Waals surface area contributed by atoms with Crippen molar-refractivity contribution >= 4 is 11.9 Å². The Morgan fingerprint density at radius 1 is 0.792 bits per heavy atom. The zero-order valence-electron chi connectivity index (χ0n) is 14.5. The number of amides is 1. The van der Waals surface area contributed by atoms with Crippen LogP contribution in [0, 0.1) is 23.7 Å². The van der Waals surface area contributed by atoms with Gasteiger partial charge in [-0.2, -0.15) is 0 Å². The van der Waals surface area contributed by atoms with Gasteiger partial charge in [0.1, 0.15) is 0 Å². The molecule has 0 aromatic carbocycles. The van der Waals surface area contributed by atoms with Gasteiger partial charge in [0.25, 0.3) is 0 Å². The first-order valence-electron chi connectivity index (χ1n) is 9.91. The highest BCUT2D eigenvalue weighted by molar-refractivity contribution is 5.86. The van der Waals surface area contributed by atoms with E-state index in [0.29, 0.717) is 12.0 Å². The smallest absolute Gasteiger partial charge is 0.307 e. The summed E-state index contributed by atoms with van der Waals surface area (Å²) in [6.07, 6.45) is 9.67. The highest BCUT2D eigenvalue weighted by Crippen LogP contribution is 2.53. The van der Waals surface area contributed by atoms with E-state index >= 15 is 0 Å². The Balaban J connectivity index is 1.37. The van der Waals surface area contributed by atoms with E-state index in [1.807, 2.05) is 4.90 Å². The SMILES string of the molecule is O=C(O)[C@H]1[C@H]2CC[C@H](C2)[C@H]1C(=O)N1CCN(C2CCCCC2)CC1. The molecule has 2 bridgehead atoms. The van der Waals surface area contributed by atoms with Crippen LogP contribution in [0.5, 0.6) is 0 Å². The number of nitrogens with zero attached hydrogens (tertiary/aromatic N) is 2. The number of rotatable bonds is 3. The van der Waals surface area contributed by atoms with Gasteiger partial charge in [-0.3, -0.25) is 14.5 Å². The molecule has 1 heterocycles. The van der Waals surface area contributed by atoms with Crippen LogP contribution in [0.3, 0.4) is 0 Å². The van der Waals surface area contributed by atoms with Crippen LogP contribution in [0.25, 0.3) is 0 Å². The quantitative estimate of drug-likeness (QED) is 0.860. The molecule has 134 valence electrons. The predicted molar refractivity (Wildman–Crippen MR) is 90.5 cm³/mol. The van der Waals surface area contributed by atoms with Crippen molar-refractivity contribution in [1.82, 2.24) is 9.80 Å². The summed E-state index contributed by atoms with van der Waals surface area (Å²) in [7, 11) is 0. The van der Waals surface area contributed by atoms with Gasteiger partial charge in [0.05, 0.1) is 11.8 Å². The maximum atomic E-state index is 13.0. The number of carbonyl (C=O) groups is 2. The van der Waals surface area contributed by atoms with Crippen molar-refractivity contribution < 1.29 is 14.7 Å². The minimum absolute atomic E-state index is 0.137. The molecule has 5 heteroatoms. The molecule has 0 radical (unpaired) electrons. The topological polar surface area (TPSA) is 60.9 Å². The standard InChI is InChI=1S/C19H30N2O3/c22-18(16-13-6-7-14(12-13)17(16)19(23)24)21-10-8-20(9-11-21)15-4-2-1-3-5-15/h13-17H,1-12H2,(H,23,24)/t13-,14+,16-,17+/m1/s1. The fraction of sp³-hybridized carbons (Fsp3) is 0.895. The second-order valence-corrected chi connectivity index (χ2v) is 8.38. The monoisotopic (exact) mass is 334 g/mol. The van der Waals surface area contributed by atoms with Crippen LogP contribution in [-0.2, 0) is 9.59 Å². The van der Waals surface area contributed by atoms with Gasteiger partial charge in [0, 0.05) is 32.2 Å². The molecule has 4 fully saturated rings. The lowest BCUT2D eigenvalue weighted by atomic mass is 9.78. The molecule has 24 heavy (non-hydrogen) atoms. The number of piperazine rings is 1. The third kappa shape index (κ3) is 2.85. The Labute approximate surface area is 144 Å². The molecule has 3 aliphatic carbocycles. The molecule has 1 saturated heterocycles. The number of fused-ring (bicyclic) bond motifs is 2. The van der Waals surface area contributed by atoms with Gasteiger partial charge >= 0.3 is 5.97 Å². The molecule has 1 N–H and O–H groups in total. The Bertz CT molecular complexity index is 495. The van der Waals surface area contributed by atoms with Crippen LogP contribution < -0.4 is 0 Å². The van der Waals surface area contributed by atoms with Crippen molar-refractivity contribution in [3.8, 4) is 0 Å². The average Bonchev–Trinajstić information content (AvgIpc) is 3.23. The largest absolute Gasteiger partial charge is 0.481 e. The summed E-state index contributed by atoms with van der Waals surface area (Å²) >= 11 is 0. The lowest BCUT2D eigenvalue weighted by Crippen LogP contribution is -2.54. The highest BCUT2D eigenvalue weighted by Gasteiger charge is 2.54. The molecular formula is C19H30N2O3. The Kier molecular flexibility index (Phi) is 4.54. The summed E-state index contributed by atoms with van der Waals surface area (Å²) in [5.74, 6) is -0.723. The molecule has 1 amide bonds. The molecule has 3 saturated carbocycles. The summed E-state index contributed by atoms with van der Waals surface area (Å²) in [6.45, 7) is 3.51. The van der Waals surface area contributed by atoms with Crippen molar-refractivity contribution in [3.05, 3.63) is 0 Å². The number of hydrogen-bond donors (Lipinski definition) is 1. The minimum Gasteiger partial charge on any atom is -0.481 e. The van der Waals surface area contributed by atoms with E-state index in [9.17, 15) is 14.7 Å². The zero-order chi connectivity index (χ0) is 16.7. The first kappa shape index (κ1) is 16.4. The summed E-state index contributed by atoms with van der Waals surface area (Å²) in [5.41, 5.74) is 0. The fourth-order valence-electron chi connectivity index (χ4n) is 5.97. The molecule has 5 nitrogen and oxygen atoms in total. The summed E-state index contributed by atoms with van der Waals surface area (Å²) in [5, 5.41) is 9.59. The van der Waals surface area contributed by atoms with E-state index < -0.39 is 11.9 Å². The number of carbonyl (C=O) groups excluding carboxylic acids is 1. The zero-order valence-corrected chi connectivity index (χ0v) is 14.5. The van der Waals surface area contributed by atoms with Gasteiger partial charge in [0.15, 0.2) is 0 Å². The van der Waals surface area contributed by atoms with Crippen LogP contribution in [0.4, 0.5) is 0 Å². The normalized spacial score (nSPS) is 37.8. The third-order valence-electron chi connectivity index (χ3n) is 7.20. The second kappa shape index (κ2) is 6.66. The lowest BCUT2D eigenvalue weighted by molar-refractivity contribution is -0.153. The summed E-state index contributed by atoms with van der Waals surface area (Å²) < 4.78 is 0. The fourth-order valence-corrected chi connectivity index (χ4v) is 5.97. The van der Waals surface area contributed by atoms with E-state index in [1.165, 1.54) is 32.1 Å².